The van der Waals surface area contributed by atoms with E-state index in [4.69, 9.17) is 9.47 Å². The molecule has 1 aliphatic carbocycles. The van der Waals surface area contributed by atoms with Crippen molar-refractivity contribution in [2.75, 3.05) is 13.7 Å². The molecule has 1 aromatic rings. The van der Waals surface area contributed by atoms with Crippen molar-refractivity contribution in [1.82, 2.24) is 5.32 Å². The Morgan fingerprint density at radius 2 is 2.04 bits per heavy atom. The average molecular weight is 336 g/mol. The first kappa shape index (κ1) is 18.4. The van der Waals surface area contributed by atoms with Crippen molar-refractivity contribution in [1.29, 1.82) is 0 Å². The third-order valence-electron chi connectivity index (χ3n) is 4.56. The molecule has 1 N–H and O–H groups in total. The molecule has 0 radical (unpaired) electrons. The molecule has 3 unspecified atom stereocenters. The van der Waals surface area contributed by atoms with Crippen LogP contribution in [0.4, 0.5) is 5.69 Å². The minimum atomic E-state index is -0.437. The van der Waals surface area contributed by atoms with Gasteiger partial charge in [0.15, 0.2) is 0 Å². The second-order valence-electron chi connectivity index (χ2n) is 6.13. The van der Waals surface area contributed by atoms with Gasteiger partial charge in [-0.25, -0.2) is 0 Å². The summed E-state index contributed by atoms with van der Waals surface area (Å²) in [5, 5.41) is 14.2. The Morgan fingerprint density at radius 3 is 2.58 bits per heavy atom. The molecule has 0 aromatic heterocycles. The molecule has 3 atom stereocenters. The normalized spacial score (nSPS) is 22.8. The van der Waals surface area contributed by atoms with Crippen LogP contribution in [0, 0.1) is 30.9 Å². The van der Waals surface area contributed by atoms with E-state index >= 15 is 0 Å². The number of carbonyl (C=O) groups excluding carboxylic acids is 1. The SMILES string of the molecule is CCOC1CC(NC(=O)c2c(C)cc(C)c([N+](=O)[O-])c2C)C1OC. The zero-order chi connectivity index (χ0) is 18.0. The topological polar surface area (TPSA) is 90.7 Å². The molecule has 0 saturated heterocycles. The largest absolute Gasteiger partial charge is 0.377 e. The summed E-state index contributed by atoms with van der Waals surface area (Å²) in [6.45, 7) is 7.59. The summed E-state index contributed by atoms with van der Waals surface area (Å²) in [5.41, 5.74) is 2.03. The van der Waals surface area contributed by atoms with E-state index in [0.717, 1.165) is 5.56 Å². The maximum Gasteiger partial charge on any atom is 0.275 e. The van der Waals surface area contributed by atoms with Gasteiger partial charge < -0.3 is 14.8 Å². The van der Waals surface area contributed by atoms with Crippen LogP contribution in [0.5, 0.6) is 0 Å². The summed E-state index contributed by atoms with van der Waals surface area (Å²) < 4.78 is 10.9. The Kier molecular flexibility index (Phi) is 5.56. The Bertz CT molecular complexity index is 659. The molecule has 1 aliphatic rings. The van der Waals surface area contributed by atoms with Crippen LogP contribution in [-0.4, -0.2) is 42.8 Å². The van der Waals surface area contributed by atoms with Crippen molar-refractivity contribution >= 4 is 11.6 Å². The number of nitro benzene ring substituents is 1. The third kappa shape index (κ3) is 3.27. The Labute approximate surface area is 141 Å². The highest BCUT2D eigenvalue weighted by atomic mass is 16.6. The van der Waals surface area contributed by atoms with E-state index in [2.05, 4.69) is 5.32 Å². The van der Waals surface area contributed by atoms with Gasteiger partial charge in [0.2, 0.25) is 0 Å². The number of ether oxygens (including phenoxy) is 2. The summed E-state index contributed by atoms with van der Waals surface area (Å²) in [4.78, 5) is 23.5. The predicted molar refractivity (Wildman–Crippen MR) is 89.4 cm³/mol. The Balaban J connectivity index is 2.22. The summed E-state index contributed by atoms with van der Waals surface area (Å²) in [6.07, 6.45) is 0.444. The summed E-state index contributed by atoms with van der Waals surface area (Å²) in [5.74, 6) is -0.310. The molecule has 7 heteroatoms. The molecule has 0 spiro atoms. The zero-order valence-corrected chi connectivity index (χ0v) is 14.7. The lowest BCUT2D eigenvalue weighted by atomic mass is 9.84. The monoisotopic (exact) mass is 336 g/mol. The minimum absolute atomic E-state index is 0.00477. The van der Waals surface area contributed by atoms with E-state index in [1.807, 2.05) is 6.92 Å². The van der Waals surface area contributed by atoms with Crippen molar-refractivity contribution in [3.05, 3.63) is 38.4 Å². The maximum absolute atomic E-state index is 12.7. The van der Waals surface area contributed by atoms with Crippen molar-refractivity contribution in [3.63, 3.8) is 0 Å². The second-order valence-corrected chi connectivity index (χ2v) is 6.13. The van der Waals surface area contributed by atoms with Gasteiger partial charge in [0.05, 0.1) is 22.6 Å². The van der Waals surface area contributed by atoms with Crippen molar-refractivity contribution in [2.45, 2.75) is 52.4 Å². The van der Waals surface area contributed by atoms with Crippen LogP contribution in [-0.2, 0) is 9.47 Å². The van der Waals surface area contributed by atoms with Gasteiger partial charge in [0.1, 0.15) is 6.10 Å². The van der Waals surface area contributed by atoms with Gasteiger partial charge in [-0.3, -0.25) is 14.9 Å². The Hall–Kier alpha value is -1.99. The number of carbonyl (C=O) groups is 1. The fourth-order valence-corrected chi connectivity index (χ4v) is 3.46. The molecule has 132 valence electrons. The quantitative estimate of drug-likeness (QED) is 0.636. The van der Waals surface area contributed by atoms with Gasteiger partial charge in [-0.1, -0.05) is 0 Å². The first-order valence-corrected chi connectivity index (χ1v) is 8.02. The van der Waals surface area contributed by atoms with Gasteiger partial charge in [-0.2, -0.15) is 0 Å². The van der Waals surface area contributed by atoms with Gasteiger partial charge >= 0.3 is 0 Å². The van der Waals surface area contributed by atoms with Crippen LogP contribution >= 0.6 is 0 Å². The number of benzene rings is 1. The summed E-state index contributed by atoms with van der Waals surface area (Å²) in [6, 6.07) is 1.52. The number of rotatable bonds is 6. The van der Waals surface area contributed by atoms with E-state index in [9.17, 15) is 14.9 Å². The number of nitrogens with zero attached hydrogens (tertiary/aromatic N) is 1. The highest BCUT2D eigenvalue weighted by Gasteiger charge is 2.43. The van der Waals surface area contributed by atoms with Crippen molar-refractivity contribution in [2.24, 2.45) is 0 Å². The fraction of sp³-hybridized carbons (Fsp3) is 0.588. The van der Waals surface area contributed by atoms with E-state index in [1.54, 1.807) is 33.9 Å². The van der Waals surface area contributed by atoms with Gasteiger partial charge in [0.25, 0.3) is 11.6 Å². The van der Waals surface area contributed by atoms with Crippen molar-refractivity contribution in [3.8, 4) is 0 Å². The lowest BCUT2D eigenvalue weighted by Crippen LogP contribution is -2.61. The first-order chi connectivity index (χ1) is 11.3. The second kappa shape index (κ2) is 7.27. The molecule has 2 rings (SSSR count). The molecular weight excluding hydrogens is 312 g/mol. The number of amides is 1. The van der Waals surface area contributed by atoms with Crippen LogP contribution in [0.25, 0.3) is 0 Å². The molecule has 1 aromatic carbocycles. The highest BCUT2D eigenvalue weighted by molar-refractivity contribution is 5.98. The van der Waals surface area contributed by atoms with Crippen LogP contribution in [0.15, 0.2) is 6.07 Å². The summed E-state index contributed by atoms with van der Waals surface area (Å²) in [7, 11) is 1.59. The minimum Gasteiger partial charge on any atom is -0.377 e. The number of methoxy groups -OCH3 is 1. The number of nitrogens with one attached hydrogen (secondary N) is 1. The molecule has 0 aliphatic heterocycles. The predicted octanol–water partition coefficient (Wildman–Crippen LogP) is 2.44. The van der Waals surface area contributed by atoms with Crippen molar-refractivity contribution < 1.29 is 19.2 Å². The lowest BCUT2D eigenvalue weighted by Gasteiger charge is -2.43. The maximum atomic E-state index is 12.7. The third-order valence-corrected chi connectivity index (χ3v) is 4.56. The first-order valence-electron chi connectivity index (χ1n) is 8.02. The molecule has 1 saturated carbocycles. The zero-order valence-electron chi connectivity index (χ0n) is 14.7. The molecule has 1 fully saturated rings. The number of aryl methyl sites for hydroxylation is 2. The van der Waals surface area contributed by atoms with E-state index in [-0.39, 0.29) is 29.8 Å². The highest BCUT2D eigenvalue weighted by Crippen LogP contribution is 2.31. The van der Waals surface area contributed by atoms with Gasteiger partial charge in [0, 0.05) is 24.8 Å². The van der Waals surface area contributed by atoms with Gasteiger partial charge in [-0.15, -0.1) is 0 Å². The van der Waals surface area contributed by atoms with Gasteiger partial charge in [-0.05, 0) is 45.7 Å². The summed E-state index contributed by atoms with van der Waals surface area (Å²) >= 11 is 0. The lowest BCUT2D eigenvalue weighted by molar-refractivity contribution is -0.386. The molecule has 0 heterocycles. The smallest absolute Gasteiger partial charge is 0.275 e. The standard InChI is InChI=1S/C17H24N2O5/c1-6-24-13-8-12(16(13)23-5)18-17(20)14-9(2)7-10(3)15(11(14)4)19(21)22/h7,12-13,16H,6,8H2,1-5H3,(H,18,20). The molecule has 24 heavy (non-hydrogen) atoms. The van der Waals surface area contributed by atoms with Crippen LogP contribution in [0.2, 0.25) is 0 Å². The average Bonchev–Trinajstić information content (AvgIpc) is 2.45. The van der Waals surface area contributed by atoms with E-state index in [1.165, 1.54) is 0 Å². The molecule has 0 bridgehead atoms. The van der Waals surface area contributed by atoms with Crippen LogP contribution in [0.1, 0.15) is 40.4 Å². The number of hydrogen-bond donors (Lipinski definition) is 1. The van der Waals surface area contributed by atoms with Crippen LogP contribution in [0.3, 0.4) is 0 Å². The van der Waals surface area contributed by atoms with Crippen LogP contribution < -0.4 is 5.32 Å². The molecule has 1 amide bonds. The van der Waals surface area contributed by atoms with E-state index < -0.39 is 4.92 Å². The fourth-order valence-electron chi connectivity index (χ4n) is 3.46. The Morgan fingerprint density at radius 1 is 1.38 bits per heavy atom. The van der Waals surface area contributed by atoms with E-state index in [0.29, 0.717) is 29.7 Å². The number of hydrogen-bond acceptors (Lipinski definition) is 5. The number of nitro groups is 1. The molecular formula is C17H24N2O5. The molecule has 7 nitrogen and oxygen atoms in total.